The van der Waals surface area contributed by atoms with Gasteiger partial charge in [-0.15, -0.1) is 0 Å². The summed E-state index contributed by atoms with van der Waals surface area (Å²) in [5.74, 6) is -24.2. The van der Waals surface area contributed by atoms with Gasteiger partial charge in [-0.25, -0.2) is 4.98 Å². The zero-order valence-electron chi connectivity index (χ0n) is 40.1. The van der Waals surface area contributed by atoms with Crippen LogP contribution in [0.25, 0.3) is 89.2 Å². The smallest absolute Gasteiger partial charge is 0.239 e. The first-order chi connectivity index (χ1) is 36.9. The number of phenols is 17. The maximum Gasteiger partial charge on any atom is 0.239 e. The highest BCUT2D eigenvalue weighted by Gasteiger charge is 2.37. The van der Waals surface area contributed by atoms with Crippen molar-refractivity contribution in [1.82, 2.24) is 24.1 Å². The third-order valence-electron chi connectivity index (χ3n) is 13.9. The van der Waals surface area contributed by atoms with E-state index in [9.17, 15) is 86.8 Å². The summed E-state index contributed by atoms with van der Waals surface area (Å²) in [4.78, 5) is 13.3. The predicted molar refractivity (Wildman–Crippen MR) is 296 cm³/mol. The maximum absolute atomic E-state index is 12.4. The molecular weight excluding hydrogens is 1010 g/mol. The van der Waals surface area contributed by atoms with Crippen LogP contribution in [0.4, 0.5) is 0 Å². The van der Waals surface area contributed by atoms with Crippen molar-refractivity contribution in [2.24, 2.45) is 0 Å². The molecule has 0 aliphatic carbocycles. The minimum Gasteiger partial charge on any atom is -0.509 e. The van der Waals surface area contributed by atoms with Crippen molar-refractivity contribution in [3.05, 3.63) is 11.1 Å². The van der Waals surface area contributed by atoms with Crippen LogP contribution < -0.4 is 54.6 Å². The SMILES string of the molecule is [B]c1c([B])c(-c2nc(-c3c([B])c(O)c(-c4c(O)c(O)c(O)c(O)c4O)c(O)c3O)nc(-n3c4c(O)c(O)c(O)c(O)c4c4c([B])c(O)c5c6c([B])c([B])c(O)c(C)c6n(-c6c(C)c([B])c(O)c([B])c6O)c5c43)n2)c([B])c([B])c1O. The van der Waals surface area contributed by atoms with Gasteiger partial charge in [0.05, 0.1) is 55.4 Å². The largest absolute Gasteiger partial charge is 0.509 e. The van der Waals surface area contributed by atoms with Gasteiger partial charge in [0.15, 0.2) is 46.1 Å². The minimum atomic E-state index is -1.54. The number of fused-ring (bicyclic) bond motifs is 7. The van der Waals surface area contributed by atoms with Gasteiger partial charge in [-0.2, -0.15) is 9.97 Å². The zero-order valence-corrected chi connectivity index (χ0v) is 40.1. The fourth-order valence-electron chi connectivity index (χ4n) is 9.87. The Morgan fingerprint density at radius 2 is 0.671 bits per heavy atom. The number of aromatic nitrogens is 5. The van der Waals surface area contributed by atoms with Gasteiger partial charge >= 0.3 is 0 Å². The Morgan fingerprint density at radius 1 is 0.253 bits per heavy atom. The van der Waals surface area contributed by atoms with Crippen LogP contribution in [0.1, 0.15) is 11.1 Å². The lowest BCUT2D eigenvalue weighted by Crippen LogP contribution is -2.42. The first-order valence-electron chi connectivity index (χ1n) is 22.1. The summed E-state index contributed by atoms with van der Waals surface area (Å²) in [5, 5.41) is 190. The van der Waals surface area contributed by atoms with Gasteiger partial charge in [-0.05, 0) is 35.8 Å². The molecule has 368 valence electrons. The average molecular weight is 1040 g/mol. The summed E-state index contributed by atoms with van der Waals surface area (Å²) in [5.41, 5.74) is -13.4. The molecule has 0 unspecified atom stereocenters. The van der Waals surface area contributed by atoms with Crippen molar-refractivity contribution in [2.75, 3.05) is 0 Å². The van der Waals surface area contributed by atoms with Gasteiger partial charge in [-0.1, -0.05) is 38.2 Å². The van der Waals surface area contributed by atoms with E-state index in [0.717, 1.165) is 9.13 Å². The summed E-state index contributed by atoms with van der Waals surface area (Å²) >= 11 is 0. The molecule has 22 nitrogen and oxygen atoms in total. The molecule has 0 spiro atoms. The average Bonchev–Trinajstić information content (AvgIpc) is 3.78. The van der Waals surface area contributed by atoms with E-state index in [2.05, 4.69) is 15.0 Å². The number of hydrogen-bond acceptors (Lipinski definition) is 20. The highest BCUT2D eigenvalue weighted by molar-refractivity contribution is 6.61. The molecule has 0 bridgehead atoms. The van der Waals surface area contributed by atoms with Crippen LogP contribution in [-0.2, 0) is 0 Å². The van der Waals surface area contributed by atoms with Gasteiger partial charge in [0.1, 0.15) is 113 Å². The molecule has 0 saturated heterocycles. The van der Waals surface area contributed by atoms with E-state index < -0.39 is 231 Å². The van der Waals surface area contributed by atoms with Crippen molar-refractivity contribution in [2.45, 2.75) is 13.8 Å². The van der Waals surface area contributed by atoms with Crippen LogP contribution in [0.5, 0.6) is 97.7 Å². The lowest BCUT2D eigenvalue weighted by molar-refractivity contribution is 0.329. The summed E-state index contributed by atoms with van der Waals surface area (Å²) in [6, 6.07) is 0. The molecule has 10 rings (SSSR count). The van der Waals surface area contributed by atoms with Crippen LogP contribution in [0, 0.1) is 13.8 Å². The number of rotatable bonds is 5. The first-order valence-corrected chi connectivity index (χ1v) is 22.1. The number of phenolic OH excluding ortho intramolecular Hbond substituents is 17. The normalized spacial score (nSPS) is 11.8. The van der Waals surface area contributed by atoms with Gasteiger partial charge in [0, 0.05) is 21.9 Å². The van der Waals surface area contributed by atoms with Crippen LogP contribution >= 0.6 is 0 Å². The molecule has 0 aliphatic heterocycles. The zero-order chi connectivity index (χ0) is 58.3. The number of hydrogen-bond donors (Lipinski definition) is 17. The second kappa shape index (κ2) is 17.2. The van der Waals surface area contributed by atoms with Gasteiger partial charge in [-0.3, -0.25) is 4.57 Å². The molecule has 79 heavy (non-hydrogen) atoms. The number of aromatic hydroxyl groups is 17. The Hall–Kier alpha value is -9.60. The monoisotopic (exact) mass is 1040 g/mol. The standard InChI is InChI=1S/C47H23B10N5O17/c1-3-13(48)36(71)22(57)38(73)24(3)61-23-4(2)28(63)19(54)14(49)5(23)7-26(61)25-6(17(52)29(7)64)8-27(39(74)43(78)40(75)31(8)66)62(25)47-59-45(11-15(50)20(55)37(72)21(56)16(11)51)58-46(60-47)12-18(53)30(65)9(32(67)35(12)70)10-33(68)41(76)44(79)42(77)34(10)69/h63-79H,1-2H3. The van der Waals surface area contributed by atoms with Crippen LogP contribution in [0.15, 0.2) is 0 Å². The molecule has 3 aromatic heterocycles. The molecule has 3 heterocycles. The molecule has 20 radical (unpaired) electrons. The van der Waals surface area contributed by atoms with E-state index in [4.69, 9.17) is 78.5 Å². The summed E-state index contributed by atoms with van der Waals surface area (Å²) < 4.78 is 1.80. The van der Waals surface area contributed by atoms with Crippen molar-refractivity contribution in [3.63, 3.8) is 0 Å². The molecule has 0 fully saturated rings. The lowest BCUT2D eigenvalue weighted by atomic mass is 9.66. The Morgan fingerprint density at radius 3 is 1.24 bits per heavy atom. The third kappa shape index (κ3) is 6.56. The van der Waals surface area contributed by atoms with Crippen LogP contribution in [0.3, 0.4) is 0 Å². The predicted octanol–water partition coefficient (Wildman–Crippen LogP) is -5.38. The van der Waals surface area contributed by atoms with Crippen molar-refractivity contribution in [3.8, 4) is 143 Å². The van der Waals surface area contributed by atoms with Gasteiger partial charge in [0.2, 0.25) is 34.7 Å². The fraction of sp³-hybridized carbons (Fsp3) is 0.0426. The van der Waals surface area contributed by atoms with E-state index in [-0.39, 0.29) is 22.0 Å². The van der Waals surface area contributed by atoms with Crippen LogP contribution in [-0.4, -0.2) is 189 Å². The molecule has 10 aromatic rings. The Bertz CT molecular complexity index is 4450. The fourth-order valence-corrected chi connectivity index (χ4v) is 9.87. The first kappa shape index (κ1) is 52.8. The Labute approximate surface area is 454 Å². The summed E-state index contributed by atoms with van der Waals surface area (Å²) in [6.45, 7) is 2.62. The highest BCUT2D eigenvalue weighted by atomic mass is 16.4. The van der Waals surface area contributed by atoms with E-state index in [1.54, 1.807) is 0 Å². The number of aryl methyl sites for hydroxylation is 1. The Balaban J connectivity index is 1.52. The van der Waals surface area contributed by atoms with Crippen LogP contribution in [0.2, 0.25) is 0 Å². The van der Waals surface area contributed by atoms with E-state index >= 15 is 0 Å². The molecule has 0 atom stereocenters. The van der Waals surface area contributed by atoms with E-state index in [1.807, 2.05) is 0 Å². The Kier molecular flexibility index (Phi) is 11.5. The minimum absolute atomic E-state index is 0.150. The maximum atomic E-state index is 12.4. The second-order valence-electron chi connectivity index (χ2n) is 18.0. The lowest BCUT2D eigenvalue weighted by Gasteiger charge is -2.22. The third-order valence-corrected chi connectivity index (χ3v) is 13.9. The molecule has 7 aromatic carbocycles. The number of nitrogens with zero attached hydrogens (tertiary/aromatic N) is 5. The molecule has 32 heteroatoms. The molecule has 17 N–H and O–H groups in total. The molecule has 0 amide bonds. The number of benzene rings is 7. The molecule has 0 aliphatic rings. The summed E-state index contributed by atoms with van der Waals surface area (Å²) in [6.07, 6.45) is 0. The second-order valence-corrected chi connectivity index (χ2v) is 18.0. The van der Waals surface area contributed by atoms with E-state index in [0.29, 0.717) is 0 Å². The van der Waals surface area contributed by atoms with Gasteiger partial charge in [0.25, 0.3) is 0 Å². The summed E-state index contributed by atoms with van der Waals surface area (Å²) in [7, 11) is 64.0. The van der Waals surface area contributed by atoms with Gasteiger partial charge < -0.3 is 91.4 Å². The molecule has 0 saturated carbocycles. The molecular formula is C47H23B10N5O17. The van der Waals surface area contributed by atoms with Crippen molar-refractivity contribution in [1.29, 1.82) is 0 Å². The van der Waals surface area contributed by atoms with Crippen molar-refractivity contribution < 1.29 is 86.8 Å². The van der Waals surface area contributed by atoms with E-state index in [1.165, 1.54) is 13.8 Å². The quantitative estimate of drug-likeness (QED) is 0.0435. The highest BCUT2D eigenvalue weighted by Crippen LogP contribution is 2.60. The van der Waals surface area contributed by atoms with Crippen molar-refractivity contribution >= 4 is 177 Å². The topological polar surface area (TPSA) is 392 Å².